The van der Waals surface area contributed by atoms with Crippen LogP contribution in [-0.2, 0) is 6.42 Å². The molecule has 0 radical (unpaired) electrons. The lowest BCUT2D eigenvalue weighted by molar-refractivity contribution is 0.105. The van der Waals surface area contributed by atoms with Crippen molar-refractivity contribution in [1.82, 2.24) is 15.2 Å². The number of aromatic nitrogens is 3. The second kappa shape index (κ2) is 8.40. The Hall–Kier alpha value is -3.99. The zero-order chi connectivity index (χ0) is 21.0. The highest BCUT2D eigenvalue weighted by Gasteiger charge is 2.32. The number of H-pyrrole nitrogens is 1. The fraction of sp³-hybridized carbons (Fsp3) is 0.115. The number of rotatable bonds is 7. The van der Waals surface area contributed by atoms with Gasteiger partial charge in [0, 0.05) is 40.9 Å². The molecule has 0 fully saturated rings. The van der Waals surface area contributed by atoms with E-state index in [1.165, 1.54) is 5.56 Å². The first-order valence-electron chi connectivity index (χ1n) is 10.3. The summed E-state index contributed by atoms with van der Waals surface area (Å²) in [7, 11) is 0. The first kappa shape index (κ1) is 19.0. The van der Waals surface area contributed by atoms with Gasteiger partial charge in [-0.05, 0) is 54.3 Å². The molecule has 1 aliphatic carbocycles. The van der Waals surface area contributed by atoms with E-state index in [-0.39, 0.29) is 5.78 Å². The van der Waals surface area contributed by atoms with Crippen LogP contribution in [0.15, 0.2) is 85.3 Å². The third-order valence-electron chi connectivity index (χ3n) is 5.42. The highest BCUT2D eigenvalue weighted by atomic mass is 16.5. The predicted octanol–water partition coefficient (Wildman–Crippen LogP) is 4.97. The molecular formula is C26H21N3O2. The monoisotopic (exact) mass is 407 g/mol. The first-order valence-corrected chi connectivity index (χ1v) is 10.3. The number of aromatic amines is 1. The molecule has 2 heterocycles. The number of allylic oxidation sites excluding steroid dienone is 1. The molecule has 1 N–H and O–H groups in total. The van der Waals surface area contributed by atoms with E-state index < -0.39 is 0 Å². The molecule has 0 bridgehead atoms. The largest absolute Gasteiger partial charge is 0.494 e. The minimum Gasteiger partial charge on any atom is -0.494 e. The van der Waals surface area contributed by atoms with Crippen molar-refractivity contribution < 1.29 is 9.53 Å². The van der Waals surface area contributed by atoms with Gasteiger partial charge < -0.3 is 4.74 Å². The zero-order valence-electron chi connectivity index (χ0n) is 16.9. The van der Waals surface area contributed by atoms with E-state index in [2.05, 4.69) is 27.3 Å². The number of aryl methyl sites for hydroxylation is 1. The van der Waals surface area contributed by atoms with Gasteiger partial charge in [-0.25, -0.2) is 0 Å². The summed E-state index contributed by atoms with van der Waals surface area (Å²) < 4.78 is 5.96. The minimum atomic E-state index is -0.0256. The Bertz CT molecular complexity index is 1230. The summed E-state index contributed by atoms with van der Waals surface area (Å²) in [6.07, 6.45) is 6.98. The maximum atomic E-state index is 13.4. The molecule has 0 atom stereocenters. The number of ether oxygens (including phenoxy) is 1. The van der Waals surface area contributed by atoms with E-state index >= 15 is 0 Å². The predicted molar refractivity (Wildman–Crippen MR) is 120 cm³/mol. The molecular weight excluding hydrogens is 386 g/mol. The summed E-state index contributed by atoms with van der Waals surface area (Å²) >= 11 is 0. The number of nitrogens with one attached hydrogen (secondary N) is 1. The summed E-state index contributed by atoms with van der Waals surface area (Å²) in [5.74, 6) is 0.680. The molecule has 31 heavy (non-hydrogen) atoms. The molecule has 5 rings (SSSR count). The molecule has 0 aliphatic heterocycles. The number of hydrogen-bond donors (Lipinski definition) is 1. The average Bonchev–Trinajstić information content (AvgIpc) is 3.44. The van der Waals surface area contributed by atoms with Crippen molar-refractivity contribution in [2.45, 2.75) is 12.8 Å². The number of hydrogen-bond acceptors (Lipinski definition) is 4. The second-order valence-electron chi connectivity index (χ2n) is 7.44. The normalized spacial score (nSPS) is 12.8. The van der Waals surface area contributed by atoms with Gasteiger partial charge in [-0.1, -0.05) is 36.4 Å². The first-order chi connectivity index (χ1) is 15.3. The summed E-state index contributed by atoms with van der Waals surface area (Å²) in [5, 5.41) is 7.08. The quantitative estimate of drug-likeness (QED) is 0.439. The Balaban J connectivity index is 1.39. The average molecular weight is 407 g/mol. The van der Waals surface area contributed by atoms with Crippen molar-refractivity contribution in [3.63, 3.8) is 0 Å². The third-order valence-corrected chi connectivity index (χ3v) is 5.42. The van der Waals surface area contributed by atoms with E-state index in [1.807, 2.05) is 54.6 Å². The van der Waals surface area contributed by atoms with Crippen LogP contribution in [0.5, 0.6) is 5.75 Å². The van der Waals surface area contributed by atoms with Gasteiger partial charge in [0.2, 0.25) is 0 Å². The molecule has 0 saturated carbocycles. The number of pyridine rings is 1. The maximum Gasteiger partial charge on any atom is 0.195 e. The van der Waals surface area contributed by atoms with Gasteiger partial charge in [0.1, 0.15) is 5.75 Å². The maximum absolute atomic E-state index is 13.4. The van der Waals surface area contributed by atoms with Crippen LogP contribution in [-0.4, -0.2) is 27.6 Å². The van der Waals surface area contributed by atoms with Gasteiger partial charge >= 0.3 is 0 Å². The molecule has 0 unspecified atom stereocenters. The fourth-order valence-corrected chi connectivity index (χ4v) is 3.97. The van der Waals surface area contributed by atoms with Crippen LogP contribution >= 0.6 is 0 Å². The molecule has 152 valence electrons. The molecule has 0 saturated heterocycles. The Morgan fingerprint density at radius 3 is 2.55 bits per heavy atom. The van der Waals surface area contributed by atoms with Gasteiger partial charge in [0.15, 0.2) is 5.78 Å². The SMILES string of the molecule is O=C1C(c2cccnc2)=C(c2ccn[nH]2)c2ccc(OCCCc3ccccc3)cc21. The van der Waals surface area contributed by atoms with Crippen LogP contribution in [0.3, 0.4) is 0 Å². The highest BCUT2D eigenvalue weighted by molar-refractivity contribution is 6.41. The fourth-order valence-electron chi connectivity index (χ4n) is 3.97. The van der Waals surface area contributed by atoms with Crippen LogP contribution in [0.1, 0.15) is 39.2 Å². The minimum absolute atomic E-state index is 0.0256. The molecule has 5 nitrogen and oxygen atoms in total. The lowest BCUT2D eigenvalue weighted by Crippen LogP contribution is -2.02. The number of Topliss-reactive ketones (excluding diaryl/α,β-unsaturated/α-hetero) is 1. The number of nitrogens with zero attached hydrogens (tertiary/aromatic N) is 2. The Labute approximate surface area is 180 Å². The summed E-state index contributed by atoms with van der Waals surface area (Å²) in [6.45, 7) is 0.595. The zero-order valence-corrected chi connectivity index (χ0v) is 16.9. The molecule has 2 aromatic carbocycles. The molecule has 0 amide bonds. The van der Waals surface area contributed by atoms with Gasteiger partial charge in [-0.3, -0.25) is 14.9 Å². The summed E-state index contributed by atoms with van der Waals surface area (Å²) in [5.41, 5.74) is 5.90. The number of ketones is 1. The third kappa shape index (κ3) is 3.78. The summed E-state index contributed by atoms with van der Waals surface area (Å²) in [6, 6.07) is 21.7. The number of benzene rings is 2. The van der Waals surface area contributed by atoms with E-state index in [1.54, 1.807) is 18.6 Å². The molecule has 0 spiro atoms. The van der Waals surface area contributed by atoms with Crippen LogP contribution in [0, 0.1) is 0 Å². The van der Waals surface area contributed by atoms with Crippen molar-refractivity contribution in [2.75, 3.05) is 6.61 Å². The van der Waals surface area contributed by atoms with Crippen LogP contribution in [0.2, 0.25) is 0 Å². The Morgan fingerprint density at radius 2 is 1.77 bits per heavy atom. The van der Waals surface area contributed by atoms with E-state index in [0.29, 0.717) is 23.5 Å². The van der Waals surface area contributed by atoms with Crippen LogP contribution in [0.4, 0.5) is 0 Å². The standard InChI is InChI=1S/C26H21N3O2/c30-26-22-16-20(31-15-5-8-18-6-2-1-3-7-18)10-11-21(22)25(23-12-14-28-29-23)24(26)19-9-4-13-27-17-19/h1-4,6-7,9-14,16-17H,5,8,15H2,(H,28,29). The number of fused-ring (bicyclic) bond motifs is 1. The molecule has 5 heteroatoms. The Kier molecular flexibility index (Phi) is 5.15. The van der Waals surface area contributed by atoms with Crippen LogP contribution < -0.4 is 4.74 Å². The van der Waals surface area contributed by atoms with Gasteiger partial charge in [-0.2, -0.15) is 5.10 Å². The van der Waals surface area contributed by atoms with E-state index in [0.717, 1.165) is 35.2 Å². The number of carbonyl (C=O) groups excluding carboxylic acids is 1. The lowest BCUT2D eigenvalue weighted by atomic mass is 9.99. The van der Waals surface area contributed by atoms with Crippen molar-refractivity contribution in [2.24, 2.45) is 0 Å². The topological polar surface area (TPSA) is 67.9 Å². The van der Waals surface area contributed by atoms with Crippen molar-refractivity contribution >= 4 is 16.9 Å². The summed E-state index contributed by atoms with van der Waals surface area (Å²) in [4.78, 5) is 17.6. The van der Waals surface area contributed by atoms with E-state index in [4.69, 9.17) is 4.74 Å². The highest BCUT2D eigenvalue weighted by Crippen LogP contribution is 2.42. The Morgan fingerprint density at radius 1 is 0.871 bits per heavy atom. The molecule has 1 aliphatic rings. The molecule has 2 aromatic heterocycles. The van der Waals surface area contributed by atoms with Crippen molar-refractivity contribution in [3.05, 3.63) is 113 Å². The van der Waals surface area contributed by atoms with Crippen LogP contribution in [0.25, 0.3) is 11.1 Å². The molecule has 4 aromatic rings. The lowest BCUT2D eigenvalue weighted by Gasteiger charge is -2.09. The smallest absolute Gasteiger partial charge is 0.195 e. The van der Waals surface area contributed by atoms with Gasteiger partial charge in [0.05, 0.1) is 12.3 Å². The van der Waals surface area contributed by atoms with E-state index in [9.17, 15) is 4.79 Å². The van der Waals surface area contributed by atoms with Gasteiger partial charge in [-0.15, -0.1) is 0 Å². The van der Waals surface area contributed by atoms with Crippen molar-refractivity contribution in [3.8, 4) is 5.75 Å². The van der Waals surface area contributed by atoms with Gasteiger partial charge in [0.25, 0.3) is 0 Å². The number of carbonyl (C=O) groups is 1. The second-order valence-corrected chi connectivity index (χ2v) is 7.44. The van der Waals surface area contributed by atoms with Crippen molar-refractivity contribution in [1.29, 1.82) is 0 Å².